The minimum atomic E-state index is -4.88. The van der Waals surface area contributed by atoms with Crippen LogP contribution in [0.2, 0.25) is 0 Å². The molecule has 0 aliphatic rings. The quantitative estimate of drug-likeness (QED) is 0.305. The Morgan fingerprint density at radius 1 is 0.971 bits per heavy atom. The molecule has 2 heterocycles. The van der Waals surface area contributed by atoms with Crippen LogP contribution in [0.25, 0.3) is 16.9 Å². The maximum atomic E-state index is 13.8. The average Bonchev–Trinajstić information content (AvgIpc) is 3.10. The number of benzene rings is 2. The maximum absolute atomic E-state index is 13.8. The maximum Gasteiger partial charge on any atom is 0.573 e. The lowest BCUT2D eigenvalue weighted by Gasteiger charge is -2.11. The molecule has 0 aliphatic heterocycles. The molecule has 0 aliphatic carbocycles. The van der Waals surface area contributed by atoms with E-state index in [9.17, 15) is 31.1 Å². The second-order valence-electron chi connectivity index (χ2n) is 6.81. The second kappa shape index (κ2) is 8.63. The number of nitrogens with zero attached hydrogens (tertiary/aromatic N) is 3. The van der Waals surface area contributed by atoms with Crippen LogP contribution < -0.4 is 10.1 Å². The van der Waals surface area contributed by atoms with Crippen molar-refractivity contribution in [3.8, 4) is 17.0 Å². The van der Waals surface area contributed by atoms with Crippen molar-refractivity contribution in [2.24, 2.45) is 0 Å². The van der Waals surface area contributed by atoms with E-state index in [-0.39, 0.29) is 21.5 Å². The van der Waals surface area contributed by atoms with Gasteiger partial charge in [-0.1, -0.05) is 30.3 Å². The number of rotatable bonds is 4. The van der Waals surface area contributed by atoms with Crippen molar-refractivity contribution >= 4 is 33.2 Å². The number of fused-ring (bicyclic) bond motifs is 1. The molecule has 34 heavy (non-hydrogen) atoms. The van der Waals surface area contributed by atoms with Crippen LogP contribution in [0.15, 0.2) is 65.1 Å². The number of hydrogen-bond donors (Lipinski definition) is 1. The summed E-state index contributed by atoms with van der Waals surface area (Å²) in [7, 11) is 0. The summed E-state index contributed by atoms with van der Waals surface area (Å²) in [6, 6.07) is 13.2. The van der Waals surface area contributed by atoms with Gasteiger partial charge in [0.15, 0.2) is 17.0 Å². The molecule has 0 fully saturated rings. The highest BCUT2D eigenvalue weighted by Gasteiger charge is 2.36. The fourth-order valence-corrected chi connectivity index (χ4v) is 3.54. The number of anilines is 1. The number of carbonyl (C=O) groups excluding carboxylic acids is 1. The summed E-state index contributed by atoms with van der Waals surface area (Å²) in [6.45, 7) is 0. The SMILES string of the molecule is O=C(Nc1ccc(OC(F)(F)F)cc1)c1nn2c(C(F)(F)F)cc(-c3ccccc3)nc2c1Br. The fourth-order valence-electron chi connectivity index (χ4n) is 3.03. The molecule has 2 aromatic carbocycles. The lowest BCUT2D eigenvalue weighted by molar-refractivity contribution is -0.274. The molecule has 0 spiro atoms. The van der Waals surface area contributed by atoms with Crippen LogP contribution in [0.1, 0.15) is 16.2 Å². The molecule has 13 heteroatoms. The van der Waals surface area contributed by atoms with Gasteiger partial charge in [0, 0.05) is 11.3 Å². The standard InChI is InChI=1S/C21H11BrF6N4O2/c22-16-17(19(33)29-12-6-8-13(9-7-12)34-21(26,27)28)31-32-15(20(23,24)25)10-14(30-18(16)32)11-4-2-1-3-5-11/h1-10H,(H,29,33). The van der Waals surface area contributed by atoms with Crippen LogP contribution in [-0.4, -0.2) is 26.9 Å². The number of nitrogens with one attached hydrogen (secondary N) is 1. The highest BCUT2D eigenvalue weighted by Crippen LogP contribution is 2.35. The smallest absolute Gasteiger partial charge is 0.406 e. The van der Waals surface area contributed by atoms with Crippen LogP contribution in [0.4, 0.5) is 32.0 Å². The van der Waals surface area contributed by atoms with Crippen LogP contribution in [0.3, 0.4) is 0 Å². The lowest BCUT2D eigenvalue weighted by Crippen LogP contribution is -2.17. The van der Waals surface area contributed by atoms with E-state index >= 15 is 0 Å². The summed E-state index contributed by atoms with van der Waals surface area (Å²) in [5.74, 6) is -1.41. The molecule has 0 atom stereocenters. The van der Waals surface area contributed by atoms with Gasteiger partial charge in [0.1, 0.15) is 5.75 Å². The van der Waals surface area contributed by atoms with Gasteiger partial charge in [-0.25, -0.2) is 9.50 Å². The van der Waals surface area contributed by atoms with Crippen molar-refractivity contribution in [3.63, 3.8) is 0 Å². The first-order chi connectivity index (χ1) is 15.9. The van der Waals surface area contributed by atoms with Crippen molar-refractivity contribution in [3.05, 3.63) is 76.5 Å². The Bertz CT molecular complexity index is 1350. The second-order valence-corrected chi connectivity index (χ2v) is 7.61. The number of amides is 1. The fraction of sp³-hybridized carbons (Fsp3) is 0.0952. The lowest BCUT2D eigenvalue weighted by atomic mass is 10.1. The molecule has 0 bridgehead atoms. The predicted molar refractivity (Wildman–Crippen MR) is 112 cm³/mol. The van der Waals surface area contributed by atoms with Crippen LogP contribution >= 0.6 is 15.9 Å². The molecule has 0 unspecified atom stereocenters. The highest BCUT2D eigenvalue weighted by atomic mass is 79.9. The van der Waals surface area contributed by atoms with Crippen LogP contribution in [0, 0.1) is 0 Å². The summed E-state index contributed by atoms with van der Waals surface area (Å²) in [6.07, 6.45) is -9.69. The average molecular weight is 545 g/mol. The Hall–Kier alpha value is -3.61. The van der Waals surface area contributed by atoms with Gasteiger partial charge in [-0.15, -0.1) is 13.2 Å². The van der Waals surface area contributed by atoms with E-state index in [0.29, 0.717) is 10.1 Å². The van der Waals surface area contributed by atoms with E-state index in [4.69, 9.17) is 0 Å². The molecule has 0 saturated carbocycles. The van der Waals surface area contributed by atoms with Crippen molar-refractivity contribution < 1.29 is 35.9 Å². The van der Waals surface area contributed by atoms with Crippen molar-refractivity contribution in [1.82, 2.24) is 14.6 Å². The minimum Gasteiger partial charge on any atom is -0.406 e. The zero-order chi connectivity index (χ0) is 24.7. The summed E-state index contributed by atoms with van der Waals surface area (Å²) in [5.41, 5.74) is -1.28. The molecule has 1 amide bonds. The number of hydrogen-bond acceptors (Lipinski definition) is 4. The first-order valence-electron chi connectivity index (χ1n) is 9.31. The van der Waals surface area contributed by atoms with Gasteiger partial charge in [0.2, 0.25) is 0 Å². The monoisotopic (exact) mass is 544 g/mol. The molecule has 0 saturated heterocycles. The van der Waals surface area contributed by atoms with Crippen molar-refractivity contribution in [2.45, 2.75) is 12.5 Å². The molecule has 176 valence electrons. The third kappa shape index (κ3) is 4.98. The molecule has 2 aromatic heterocycles. The van der Waals surface area contributed by atoms with Gasteiger partial charge < -0.3 is 10.1 Å². The van der Waals surface area contributed by atoms with E-state index < -0.39 is 35.6 Å². The summed E-state index contributed by atoms with van der Waals surface area (Å²) in [5, 5.41) is 6.14. The summed E-state index contributed by atoms with van der Waals surface area (Å²) in [4.78, 5) is 16.9. The van der Waals surface area contributed by atoms with Crippen molar-refractivity contribution in [1.29, 1.82) is 0 Å². The molecular weight excluding hydrogens is 534 g/mol. The van der Waals surface area contributed by atoms with E-state index in [0.717, 1.165) is 30.3 Å². The van der Waals surface area contributed by atoms with Gasteiger partial charge in [0.25, 0.3) is 5.91 Å². The Balaban J connectivity index is 1.71. The van der Waals surface area contributed by atoms with E-state index in [1.165, 1.54) is 0 Å². The molecule has 0 radical (unpaired) electrons. The third-order valence-electron chi connectivity index (χ3n) is 4.45. The molecule has 4 rings (SSSR count). The Morgan fingerprint density at radius 2 is 1.62 bits per heavy atom. The number of aromatic nitrogens is 3. The topological polar surface area (TPSA) is 68.5 Å². The van der Waals surface area contributed by atoms with Gasteiger partial charge in [-0.05, 0) is 46.3 Å². The number of alkyl halides is 6. The van der Waals surface area contributed by atoms with Gasteiger partial charge >= 0.3 is 12.5 Å². The zero-order valence-electron chi connectivity index (χ0n) is 16.6. The molecule has 1 N–H and O–H groups in total. The van der Waals surface area contributed by atoms with E-state index in [1.54, 1.807) is 30.3 Å². The largest absolute Gasteiger partial charge is 0.573 e. The highest BCUT2D eigenvalue weighted by molar-refractivity contribution is 9.10. The number of carbonyl (C=O) groups is 1. The van der Waals surface area contributed by atoms with Crippen molar-refractivity contribution in [2.75, 3.05) is 5.32 Å². The number of ether oxygens (including phenoxy) is 1. The Kier molecular flexibility index (Phi) is 5.98. The minimum absolute atomic E-state index is 0.0215. The molecule has 6 nitrogen and oxygen atoms in total. The summed E-state index contributed by atoms with van der Waals surface area (Å²) < 4.78 is 82.3. The Labute approximate surface area is 195 Å². The Morgan fingerprint density at radius 3 is 2.21 bits per heavy atom. The zero-order valence-corrected chi connectivity index (χ0v) is 18.2. The molecular formula is C21H11BrF6N4O2. The molecule has 4 aromatic rings. The number of halogens is 7. The normalized spacial score (nSPS) is 12.1. The third-order valence-corrected chi connectivity index (χ3v) is 5.18. The van der Waals surface area contributed by atoms with E-state index in [2.05, 4.69) is 36.1 Å². The van der Waals surface area contributed by atoms with Gasteiger partial charge in [-0.3, -0.25) is 4.79 Å². The van der Waals surface area contributed by atoms with Crippen LogP contribution in [0.5, 0.6) is 5.75 Å². The first kappa shape index (κ1) is 23.5. The first-order valence-corrected chi connectivity index (χ1v) is 10.1. The predicted octanol–water partition coefficient (Wildman–Crippen LogP) is 6.33. The van der Waals surface area contributed by atoms with Gasteiger partial charge in [0.05, 0.1) is 10.2 Å². The summed E-state index contributed by atoms with van der Waals surface area (Å²) >= 11 is 3.10. The van der Waals surface area contributed by atoms with Gasteiger partial charge in [-0.2, -0.15) is 18.3 Å². The van der Waals surface area contributed by atoms with Crippen LogP contribution in [-0.2, 0) is 6.18 Å². The van der Waals surface area contributed by atoms with E-state index in [1.807, 2.05) is 0 Å².